The van der Waals surface area contributed by atoms with Crippen molar-refractivity contribution in [2.45, 2.75) is 33.1 Å². The number of aryl methyl sites for hydroxylation is 1. The molecule has 0 aliphatic carbocycles. The van der Waals surface area contributed by atoms with Crippen LogP contribution >= 0.6 is 15.9 Å². The van der Waals surface area contributed by atoms with Gasteiger partial charge in [0, 0.05) is 0 Å². The van der Waals surface area contributed by atoms with E-state index in [1.165, 1.54) is 0 Å². The highest BCUT2D eigenvalue weighted by atomic mass is 79.9. The summed E-state index contributed by atoms with van der Waals surface area (Å²) in [6.45, 7) is 5.74. The van der Waals surface area contributed by atoms with Gasteiger partial charge in [-0.1, -0.05) is 38.1 Å². The van der Waals surface area contributed by atoms with Gasteiger partial charge in [-0.3, -0.25) is 20.4 Å². The van der Waals surface area contributed by atoms with Crippen LogP contribution in [0.3, 0.4) is 0 Å². The predicted molar refractivity (Wildman–Crippen MR) is 111 cm³/mol. The lowest BCUT2D eigenvalue weighted by Crippen LogP contribution is -2.45. The minimum atomic E-state index is -0.471. The highest BCUT2D eigenvalue weighted by Gasteiger charge is 2.12. The quantitative estimate of drug-likeness (QED) is 0.600. The van der Waals surface area contributed by atoms with E-state index in [9.17, 15) is 9.59 Å². The number of benzene rings is 2. The largest absolute Gasteiger partial charge is 0.483 e. The average molecular weight is 449 g/mol. The Labute approximate surface area is 173 Å². The summed E-state index contributed by atoms with van der Waals surface area (Å²) < 4.78 is 11.8. The fourth-order valence-corrected chi connectivity index (χ4v) is 3.07. The van der Waals surface area contributed by atoms with Crippen molar-refractivity contribution in [3.05, 3.63) is 58.1 Å². The molecule has 0 aromatic heterocycles. The van der Waals surface area contributed by atoms with E-state index in [0.717, 1.165) is 22.0 Å². The Morgan fingerprint density at radius 1 is 1.00 bits per heavy atom. The Bertz CT molecular complexity index is 826. The Kier molecular flexibility index (Phi) is 8.32. The Morgan fingerprint density at radius 2 is 1.61 bits per heavy atom. The van der Waals surface area contributed by atoms with Crippen molar-refractivity contribution in [1.82, 2.24) is 10.9 Å². The molecule has 2 aromatic carbocycles. The average Bonchev–Trinajstić information content (AvgIpc) is 2.69. The first-order chi connectivity index (χ1) is 13.4. The highest BCUT2D eigenvalue weighted by Crippen LogP contribution is 2.28. The normalized spacial score (nSPS) is 11.4. The molecular formula is C21H25BrN2O4. The van der Waals surface area contributed by atoms with Crippen molar-refractivity contribution in [2.24, 2.45) is 0 Å². The van der Waals surface area contributed by atoms with E-state index in [2.05, 4.69) is 40.6 Å². The third-order valence-electron chi connectivity index (χ3n) is 4.21. The zero-order valence-corrected chi connectivity index (χ0v) is 17.8. The van der Waals surface area contributed by atoms with Crippen molar-refractivity contribution < 1.29 is 19.1 Å². The van der Waals surface area contributed by atoms with Gasteiger partial charge >= 0.3 is 0 Å². The molecule has 0 saturated carbocycles. The molecule has 2 amide bonds. The predicted octanol–water partition coefficient (Wildman–Crippen LogP) is 3.88. The number of carbonyl (C=O) groups is 2. The maximum absolute atomic E-state index is 11.9. The Morgan fingerprint density at radius 3 is 2.21 bits per heavy atom. The Hall–Kier alpha value is -2.54. The summed E-state index contributed by atoms with van der Waals surface area (Å²) in [7, 11) is 0. The first-order valence-electron chi connectivity index (χ1n) is 9.09. The van der Waals surface area contributed by atoms with Gasteiger partial charge in [0.25, 0.3) is 11.8 Å². The molecule has 0 aliphatic rings. The lowest BCUT2D eigenvalue weighted by atomic mass is 9.98. The molecule has 28 heavy (non-hydrogen) atoms. The number of nitrogens with one attached hydrogen (secondary N) is 2. The molecule has 1 atom stereocenters. The molecular weight excluding hydrogens is 424 g/mol. The van der Waals surface area contributed by atoms with E-state index in [1.54, 1.807) is 6.07 Å². The van der Waals surface area contributed by atoms with Crippen LogP contribution in [-0.4, -0.2) is 25.0 Å². The van der Waals surface area contributed by atoms with Crippen molar-refractivity contribution >= 4 is 27.7 Å². The fourth-order valence-electron chi connectivity index (χ4n) is 2.46. The van der Waals surface area contributed by atoms with Gasteiger partial charge < -0.3 is 9.47 Å². The molecule has 0 saturated heterocycles. The molecule has 2 N–H and O–H groups in total. The van der Waals surface area contributed by atoms with Gasteiger partial charge in [0.1, 0.15) is 11.5 Å². The van der Waals surface area contributed by atoms with Gasteiger partial charge in [-0.25, -0.2) is 0 Å². The molecule has 0 aliphatic heterocycles. The number of hydrogen-bond acceptors (Lipinski definition) is 4. The lowest BCUT2D eigenvalue weighted by Gasteiger charge is -2.15. The number of hydrazine groups is 1. The summed E-state index contributed by atoms with van der Waals surface area (Å²) in [5, 5.41) is 0. The van der Waals surface area contributed by atoms with E-state index in [-0.39, 0.29) is 13.2 Å². The zero-order chi connectivity index (χ0) is 20.5. The van der Waals surface area contributed by atoms with Crippen LogP contribution in [0.25, 0.3) is 0 Å². The van der Waals surface area contributed by atoms with Crippen LogP contribution in [0.4, 0.5) is 0 Å². The number of halogens is 1. The molecule has 2 aromatic rings. The lowest BCUT2D eigenvalue weighted by molar-refractivity contribution is -0.131. The van der Waals surface area contributed by atoms with Crippen molar-refractivity contribution in [3.8, 4) is 11.5 Å². The van der Waals surface area contributed by atoms with Gasteiger partial charge in [-0.05, 0) is 64.5 Å². The first-order valence-corrected chi connectivity index (χ1v) is 9.88. The number of ether oxygens (including phenoxy) is 2. The van der Waals surface area contributed by atoms with Crippen molar-refractivity contribution in [2.75, 3.05) is 13.2 Å². The number of rotatable bonds is 8. The van der Waals surface area contributed by atoms with E-state index >= 15 is 0 Å². The summed E-state index contributed by atoms with van der Waals surface area (Å²) in [5.74, 6) is 0.629. The molecule has 2 rings (SSSR count). The van der Waals surface area contributed by atoms with Crippen LogP contribution in [0.1, 0.15) is 37.3 Å². The first kappa shape index (κ1) is 21.8. The van der Waals surface area contributed by atoms with Gasteiger partial charge in [0.15, 0.2) is 13.2 Å². The second-order valence-electron chi connectivity index (χ2n) is 6.45. The SMILES string of the molecule is CCC(C)c1ccccc1OCC(=O)NNC(=O)COc1ccc(C)cc1Br. The fraction of sp³-hybridized carbons (Fsp3) is 0.333. The summed E-state index contributed by atoms with van der Waals surface area (Å²) in [5.41, 5.74) is 6.76. The maximum atomic E-state index is 11.9. The van der Waals surface area contributed by atoms with Crippen LogP contribution in [-0.2, 0) is 9.59 Å². The summed E-state index contributed by atoms with van der Waals surface area (Å²) in [6.07, 6.45) is 0.972. The second-order valence-corrected chi connectivity index (χ2v) is 7.31. The van der Waals surface area contributed by atoms with Crippen molar-refractivity contribution in [3.63, 3.8) is 0 Å². The second kappa shape index (κ2) is 10.7. The van der Waals surface area contributed by atoms with E-state index in [1.807, 2.05) is 43.3 Å². The zero-order valence-electron chi connectivity index (χ0n) is 16.3. The van der Waals surface area contributed by atoms with Crippen LogP contribution in [0.5, 0.6) is 11.5 Å². The van der Waals surface area contributed by atoms with Gasteiger partial charge in [0.2, 0.25) is 0 Å². The monoisotopic (exact) mass is 448 g/mol. The summed E-state index contributed by atoms with van der Waals surface area (Å²) in [4.78, 5) is 23.8. The molecule has 0 fully saturated rings. The molecule has 1 unspecified atom stereocenters. The molecule has 150 valence electrons. The van der Waals surface area contributed by atoms with Gasteiger partial charge in [0.05, 0.1) is 4.47 Å². The number of hydrogen-bond donors (Lipinski definition) is 2. The number of para-hydroxylation sites is 1. The van der Waals surface area contributed by atoms with E-state index in [4.69, 9.17) is 9.47 Å². The molecule has 0 radical (unpaired) electrons. The minimum Gasteiger partial charge on any atom is -0.483 e. The number of carbonyl (C=O) groups excluding carboxylic acids is 2. The van der Waals surface area contributed by atoms with Crippen LogP contribution in [0, 0.1) is 6.92 Å². The summed E-state index contributed by atoms with van der Waals surface area (Å²) >= 11 is 3.38. The Balaban J connectivity index is 1.76. The third kappa shape index (κ3) is 6.56. The maximum Gasteiger partial charge on any atom is 0.276 e. The van der Waals surface area contributed by atoms with Gasteiger partial charge in [-0.2, -0.15) is 0 Å². The topological polar surface area (TPSA) is 76.7 Å². The molecule has 0 spiro atoms. The highest BCUT2D eigenvalue weighted by molar-refractivity contribution is 9.10. The standard InChI is InChI=1S/C21H25BrN2O4/c1-4-15(3)16-7-5-6-8-18(16)27-12-20(25)23-24-21(26)13-28-19-10-9-14(2)11-17(19)22/h5-11,15H,4,12-13H2,1-3H3,(H,23,25)(H,24,26). The van der Waals surface area contributed by atoms with E-state index < -0.39 is 11.8 Å². The van der Waals surface area contributed by atoms with Gasteiger partial charge in [-0.15, -0.1) is 0 Å². The van der Waals surface area contributed by atoms with Crippen LogP contribution in [0.15, 0.2) is 46.9 Å². The number of amides is 2. The molecule has 7 heteroatoms. The van der Waals surface area contributed by atoms with Crippen LogP contribution in [0.2, 0.25) is 0 Å². The molecule has 6 nitrogen and oxygen atoms in total. The summed E-state index contributed by atoms with van der Waals surface area (Å²) in [6, 6.07) is 13.2. The molecule has 0 heterocycles. The van der Waals surface area contributed by atoms with Crippen LogP contribution < -0.4 is 20.3 Å². The van der Waals surface area contributed by atoms with E-state index in [0.29, 0.717) is 17.4 Å². The molecule has 0 bridgehead atoms. The minimum absolute atomic E-state index is 0.196. The third-order valence-corrected chi connectivity index (χ3v) is 4.83. The van der Waals surface area contributed by atoms with Crippen molar-refractivity contribution in [1.29, 1.82) is 0 Å². The smallest absolute Gasteiger partial charge is 0.276 e.